The number of ether oxygens (including phenoxy) is 3. The van der Waals surface area contributed by atoms with Crippen molar-refractivity contribution in [1.82, 2.24) is 0 Å². The van der Waals surface area contributed by atoms with Crippen LogP contribution in [0.15, 0.2) is 17.0 Å². The highest BCUT2D eigenvalue weighted by molar-refractivity contribution is 7.98. The number of alkyl halides is 2. The number of hydrogen-bond acceptors (Lipinski definition) is 7. The smallest absolute Gasteiger partial charge is 0.459 e. The molecule has 0 amide bonds. The minimum absolute atomic E-state index is 0.287. The Kier molecular flexibility index (Phi) is 5.16. The average molecular weight is 414 g/mol. The molecular weight excluding hydrogens is 394 g/mol. The van der Waals surface area contributed by atoms with Crippen LogP contribution in [0.5, 0.6) is 11.5 Å². The molecule has 1 heterocycles. The second-order valence-corrected chi connectivity index (χ2v) is 8.50. The molecule has 1 fully saturated rings. The summed E-state index contributed by atoms with van der Waals surface area (Å²) in [7, 11) is 0. The highest BCUT2D eigenvalue weighted by Gasteiger charge is 2.50. The monoisotopic (exact) mass is 414 g/mol. The van der Waals surface area contributed by atoms with Crippen LogP contribution in [-0.2, 0) is 14.3 Å². The van der Waals surface area contributed by atoms with Crippen LogP contribution in [0.25, 0.3) is 0 Å². The van der Waals surface area contributed by atoms with Crippen LogP contribution in [0.1, 0.15) is 44.0 Å². The first-order valence-corrected chi connectivity index (χ1v) is 9.93. The predicted molar refractivity (Wildman–Crippen MR) is 95.8 cm³/mol. The van der Waals surface area contributed by atoms with E-state index in [-0.39, 0.29) is 11.3 Å². The van der Waals surface area contributed by atoms with Crippen molar-refractivity contribution < 1.29 is 37.4 Å². The van der Waals surface area contributed by atoms with Crippen molar-refractivity contribution in [2.24, 2.45) is 11.8 Å². The quantitative estimate of drug-likeness (QED) is 0.303. The van der Waals surface area contributed by atoms with Crippen molar-refractivity contribution in [1.29, 1.82) is 0 Å². The summed E-state index contributed by atoms with van der Waals surface area (Å²) >= 11 is 1.13. The summed E-state index contributed by atoms with van der Waals surface area (Å²) in [5, 5.41) is 0. The summed E-state index contributed by atoms with van der Waals surface area (Å²) in [5.41, 5.74) is -1.23. The normalized spacial score (nSPS) is 18.5. The Morgan fingerprint density at radius 2 is 1.79 bits per heavy atom. The minimum atomic E-state index is -3.94. The van der Waals surface area contributed by atoms with Gasteiger partial charge in [-0.15, -0.1) is 20.5 Å². The van der Waals surface area contributed by atoms with Gasteiger partial charge in [0.1, 0.15) is 5.60 Å². The van der Waals surface area contributed by atoms with Gasteiger partial charge < -0.3 is 14.2 Å². The molecule has 1 atom stereocenters. The minimum Gasteiger partial charge on any atom is -0.459 e. The molecule has 0 bridgehead atoms. The Morgan fingerprint density at radius 3 is 2.32 bits per heavy atom. The van der Waals surface area contributed by atoms with Crippen molar-refractivity contribution in [2.45, 2.75) is 50.4 Å². The topological polar surface area (TPSA) is 78.9 Å². The maximum atomic E-state index is 13.7. The molecule has 1 aliphatic carbocycles. The van der Waals surface area contributed by atoms with E-state index in [1.807, 2.05) is 0 Å². The Balaban J connectivity index is 2.01. The lowest BCUT2D eigenvalue weighted by molar-refractivity contribution is -0.287. The van der Waals surface area contributed by atoms with Crippen molar-refractivity contribution >= 4 is 29.3 Å². The van der Waals surface area contributed by atoms with E-state index in [1.165, 1.54) is 12.1 Å². The van der Waals surface area contributed by atoms with E-state index in [0.717, 1.165) is 11.8 Å². The molecule has 1 aromatic rings. The van der Waals surface area contributed by atoms with Crippen molar-refractivity contribution in [3.63, 3.8) is 0 Å². The van der Waals surface area contributed by atoms with Crippen molar-refractivity contribution in [3.8, 4) is 11.5 Å². The molecule has 0 N–H and O–H groups in total. The molecule has 0 radical (unpaired) electrons. The van der Waals surface area contributed by atoms with E-state index in [1.54, 1.807) is 27.0 Å². The highest BCUT2D eigenvalue weighted by Crippen LogP contribution is 2.49. The number of benzene rings is 1. The van der Waals surface area contributed by atoms with Gasteiger partial charge in [0.05, 0.1) is 10.5 Å². The SMILES string of the molecule is CSc1ccc(C(=O)C(C(=O)OC(C)(C)C)C(=O)C2CC2)c2c1OC(F)(F)O2. The van der Waals surface area contributed by atoms with E-state index in [4.69, 9.17) is 4.74 Å². The Labute approximate surface area is 164 Å². The lowest BCUT2D eigenvalue weighted by Gasteiger charge is -2.23. The summed E-state index contributed by atoms with van der Waals surface area (Å²) in [6.45, 7) is 4.82. The first-order valence-electron chi connectivity index (χ1n) is 8.71. The molecule has 3 rings (SSSR count). The number of esters is 1. The third kappa shape index (κ3) is 4.14. The molecule has 28 heavy (non-hydrogen) atoms. The molecule has 1 aliphatic heterocycles. The number of carbonyl (C=O) groups is 3. The van der Waals surface area contributed by atoms with Crippen LogP contribution >= 0.6 is 11.8 Å². The number of halogens is 2. The van der Waals surface area contributed by atoms with Crippen LogP contribution in [0, 0.1) is 11.8 Å². The van der Waals surface area contributed by atoms with Crippen LogP contribution < -0.4 is 9.47 Å². The number of rotatable bonds is 6. The summed E-state index contributed by atoms with van der Waals surface area (Å²) in [4.78, 5) is 38.7. The van der Waals surface area contributed by atoms with E-state index < -0.39 is 47.0 Å². The Morgan fingerprint density at radius 1 is 1.18 bits per heavy atom. The predicted octanol–water partition coefficient (Wildman–Crippen LogP) is 3.85. The molecule has 1 aromatic carbocycles. The van der Waals surface area contributed by atoms with Crippen molar-refractivity contribution in [2.75, 3.05) is 6.26 Å². The van der Waals surface area contributed by atoms with Crippen LogP contribution in [0.3, 0.4) is 0 Å². The van der Waals surface area contributed by atoms with E-state index >= 15 is 0 Å². The van der Waals surface area contributed by atoms with Gasteiger partial charge in [0.2, 0.25) is 0 Å². The summed E-state index contributed by atoms with van der Waals surface area (Å²) in [5.74, 6) is -5.39. The Hall–Kier alpha value is -2.16. The van der Waals surface area contributed by atoms with E-state index in [2.05, 4.69) is 9.47 Å². The van der Waals surface area contributed by atoms with Gasteiger partial charge in [-0.05, 0) is 52.0 Å². The summed E-state index contributed by atoms with van der Waals surface area (Å²) in [6.07, 6.45) is -1.14. The fraction of sp³-hybridized carbons (Fsp3) is 0.526. The number of thioether (sulfide) groups is 1. The average Bonchev–Trinajstić information content (AvgIpc) is 3.34. The van der Waals surface area contributed by atoms with Gasteiger partial charge >= 0.3 is 12.3 Å². The zero-order chi connectivity index (χ0) is 20.9. The third-order valence-electron chi connectivity index (χ3n) is 4.17. The number of ketones is 2. The van der Waals surface area contributed by atoms with Gasteiger partial charge in [-0.2, -0.15) is 0 Å². The molecule has 152 valence electrons. The first kappa shape index (κ1) is 20.6. The van der Waals surface area contributed by atoms with E-state index in [9.17, 15) is 23.2 Å². The Bertz CT molecular complexity index is 842. The fourth-order valence-electron chi connectivity index (χ4n) is 2.83. The molecule has 1 saturated carbocycles. The highest BCUT2D eigenvalue weighted by atomic mass is 32.2. The second-order valence-electron chi connectivity index (χ2n) is 7.65. The lowest BCUT2D eigenvalue weighted by atomic mass is 9.90. The van der Waals surface area contributed by atoms with E-state index in [0.29, 0.717) is 17.7 Å². The van der Waals surface area contributed by atoms with Crippen LogP contribution in [-0.4, -0.2) is 35.7 Å². The zero-order valence-electron chi connectivity index (χ0n) is 15.8. The molecule has 0 aromatic heterocycles. The largest absolute Gasteiger partial charge is 0.586 e. The number of Topliss-reactive ketones (excluding diaryl/α,β-unsaturated/α-hetero) is 2. The fourth-order valence-corrected chi connectivity index (χ4v) is 3.35. The molecule has 1 unspecified atom stereocenters. The third-order valence-corrected chi connectivity index (χ3v) is 4.93. The van der Waals surface area contributed by atoms with Crippen LogP contribution in [0.2, 0.25) is 0 Å². The standard InChI is InChI=1S/C19H20F2O6S/c1-18(2,3)27-17(24)12(13(22)9-5-6-9)14(23)10-7-8-11(28-4)16-15(10)25-19(20,21)26-16/h7-9,12H,5-6H2,1-4H3. The van der Waals surface area contributed by atoms with Gasteiger partial charge in [0.15, 0.2) is 29.0 Å². The summed E-state index contributed by atoms with van der Waals surface area (Å²) < 4.78 is 41.6. The number of hydrogen-bond donors (Lipinski definition) is 0. The lowest BCUT2D eigenvalue weighted by Crippen LogP contribution is -2.38. The van der Waals surface area contributed by atoms with Crippen molar-refractivity contribution in [3.05, 3.63) is 17.7 Å². The summed E-state index contributed by atoms with van der Waals surface area (Å²) in [6, 6.07) is 2.67. The molecule has 0 saturated heterocycles. The number of fused-ring (bicyclic) bond motifs is 1. The second kappa shape index (κ2) is 7.02. The first-order chi connectivity index (χ1) is 12.9. The molecule has 6 nitrogen and oxygen atoms in total. The molecule has 9 heteroatoms. The maximum Gasteiger partial charge on any atom is 0.586 e. The molecule has 2 aliphatic rings. The van der Waals surface area contributed by atoms with Gasteiger partial charge in [-0.25, -0.2) is 0 Å². The zero-order valence-corrected chi connectivity index (χ0v) is 16.7. The molecular formula is C19H20F2O6S. The van der Waals surface area contributed by atoms with Crippen LogP contribution in [0.4, 0.5) is 8.78 Å². The van der Waals surface area contributed by atoms with Gasteiger partial charge in [0.25, 0.3) is 0 Å². The molecule has 0 spiro atoms. The van der Waals surface area contributed by atoms with Gasteiger partial charge in [-0.3, -0.25) is 14.4 Å². The maximum absolute atomic E-state index is 13.7. The van der Waals surface area contributed by atoms with Gasteiger partial charge in [-0.1, -0.05) is 0 Å². The van der Waals surface area contributed by atoms with Gasteiger partial charge in [0, 0.05) is 5.92 Å². The number of carbonyl (C=O) groups excluding carboxylic acids is 3.